The molecule has 0 bridgehead atoms. The second kappa shape index (κ2) is 9.39. The molecular weight excluding hydrogens is 353 g/mol. The molecule has 5 heteroatoms. The molecule has 0 saturated carbocycles. The van der Waals surface area contributed by atoms with E-state index in [9.17, 15) is 4.39 Å². The second-order valence-electron chi connectivity index (χ2n) is 7.89. The highest BCUT2D eigenvalue weighted by atomic mass is 19.1. The molecule has 1 N–H and O–H groups in total. The van der Waals surface area contributed by atoms with Gasteiger partial charge in [-0.1, -0.05) is 24.3 Å². The lowest BCUT2D eigenvalue weighted by Gasteiger charge is -2.36. The van der Waals surface area contributed by atoms with E-state index in [1.165, 1.54) is 24.5 Å². The monoisotopic (exact) mass is 383 g/mol. The molecule has 2 aliphatic rings. The minimum atomic E-state index is -0.131. The molecular formula is C23H30FN3O. The zero-order valence-corrected chi connectivity index (χ0v) is 16.4. The van der Waals surface area contributed by atoms with Gasteiger partial charge in [0.1, 0.15) is 11.6 Å². The van der Waals surface area contributed by atoms with Crippen LogP contribution >= 0.6 is 0 Å². The molecule has 1 atom stereocenters. The summed E-state index contributed by atoms with van der Waals surface area (Å²) in [6.45, 7) is 7.48. The molecule has 150 valence electrons. The molecule has 0 aromatic heterocycles. The molecule has 4 nitrogen and oxygen atoms in total. The smallest absolute Gasteiger partial charge is 0.146 e. The van der Waals surface area contributed by atoms with Crippen molar-refractivity contribution >= 4 is 5.69 Å². The van der Waals surface area contributed by atoms with E-state index in [-0.39, 0.29) is 5.82 Å². The number of nitrogens with zero attached hydrogens (tertiary/aromatic N) is 2. The quantitative estimate of drug-likeness (QED) is 0.826. The highest BCUT2D eigenvalue weighted by molar-refractivity contribution is 5.48. The van der Waals surface area contributed by atoms with Crippen LogP contribution < -0.4 is 15.0 Å². The molecule has 2 saturated heterocycles. The van der Waals surface area contributed by atoms with Crippen molar-refractivity contribution in [2.24, 2.45) is 5.92 Å². The van der Waals surface area contributed by atoms with Crippen molar-refractivity contribution in [2.45, 2.75) is 19.4 Å². The van der Waals surface area contributed by atoms with Gasteiger partial charge in [0.05, 0.1) is 12.3 Å². The maximum Gasteiger partial charge on any atom is 0.146 e. The van der Waals surface area contributed by atoms with Gasteiger partial charge < -0.3 is 15.0 Å². The van der Waals surface area contributed by atoms with Gasteiger partial charge in [-0.05, 0) is 49.2 Å². The van der Waals surface area contributed by atoms with Gasteiger partial charge in [0.25, 0.3) is 0 Å². The molecule has 2 heterocycles. The zero-order valence-electron chi connectivity index (χ0n) is 16.4. The first-order valence-corrected chi connectivity index (χ1v) is 10.4. The first kappa shape index (κ1) is 19.2. The Balaban J connectivity index is 1.27. The molecule has 2 aliphatic heterocycles. The summed E-state index contributed by atoms with van der Waals surface area (Å²) in [7, 11) is 0. The number of piperidine rings is 1. The topological polar surface area (TPSA) is 27.7 Å². The lowest BCUT2D eigenvalue weighted by molar-refractivity contribution is 0.217. The largest absolute Gasteiger partial charge is 0.493 e. The van der Waals surface area contributed by atoms with E-state index in [0.717, 1.165) is 63.9 Å². The Bertz CT molecular complexity index is 755. The highest BCUT2D eigenvalue weighted by Gasteiger charge is 2.19. The maximum absolute atomic E-state index is 14.0. The average molecular weight is 384 g/mol. The summed E-state index contributed by atoms with van der Waals surface area (Å²) in [4.78, 5) is 4.57. The summed E-state index contributed by atoms with van der Waals surface area (Å²) in [5.74, 6) is 1.45. The SMILES string of the molecule is Fc1ccccc1N1CCN(Cc2cccc(OCC3CCCNC3)c2)CC1. The highest BCUT2D eigenvalue weighted by Crippen LogP contribution is 2.22. The molecule has 2 fully saturated rings. The first-order valence-electron chi connectivity index (χ1n) is 10.4. The van der Waals surface area contributed by atoms with Gasteiger partial charge in [0.2, 0.25) is 0 Å². The van der Waals surface area contributed by atoms with Crippen LogP contribution in [0.2, 0.25) is 0 Å². The molecule has 0 amide bonds. The molecule has 1 unspecified atom stereocenters. The van der Waals surface area contributed by atoms with Crippen molar-refractivity contribution in [3.63, 3.8) is 0 Å². The lowest BCUT2D eigenvalue weighted by atomic mass is 10.0. The van der Waals surface area contributed by atoms with Crippen LogP contribution in [0.25, 0.3) is 0 Å². The van der Waals surface area contributed by atoms with E-state index in [0.29, 0.717) is 5.92 Å². The predicted molar refractivity (Wildman–Crippen MR) is 111 cm³/mol. The zero-order chi connectivity index (χ0) is 19.2. The number of hydrogen-bond donors (Lipinski definition) is 1. The number of benzene rings is 2. The predicted octanol–water partition coefficient (Wildman–Crippen LogP) is 3.53. The van der Waals surface area contributed by atoms with E-state index in [2.05, 4.69) is 39.4 Å². The number of halogens is 1. The third kappa shape index (κ3) is 5.03. The van der Waals surface area contributed by atoms with Crippen LogP contribution in [0.5, 0.6) is 5.75 Å². The van der Waals surface area contributed by atoms with Crippen LogP contribution in [0.15, 0.2) is 48.5 Å². The first-order chi connectivity index (χ1) is 13.8. The summed E-state index contributed by atoms with van der Waals surface area (Å²) < 4.78 is 20.1. The van der Waals surface area contributed by atoms with Gasteiger partial charge in [-0.3, -0.25) is 4.90 Å². The van der Waals surface area contributed by atoms with Crippen LogP contribution in [0, 0.1) is 11.7 Å². The lowest BCUT2D eigenvalue weighted by Crippen LogP contribution is -2.46. The van der Waals surface area contributed by atoms with Crippen LogP contribution in [-0.2, 0) is 6.54 Å². The Hall–Kier alpha value is -2.11. The minimum Gasteiger partial charge on any atom is -0.493 e. The van der Waals surface area contributed by atoms with E-state index >= 15 is 0 Å². The van der Waals surface area contributed by atoms with E-state index < -0.39 is 0 Å². The maximum atomic E-state index is 14.0. The second-order valence-corrected chi connectivity index (χ2v) is 7.89. The summed E-state index contributed by atoms with van der Waals surface area (Å²) >= 11 is 0. The van der Waals surface area contributed by atoms with Crippen molar-refractivity contribution < 1.29 is 9.13 Å². The minimum absolute atomic E-state index is 0.131. The van der Waals surface area contributed by atoms with Gasteiger partial charge in [-0.25, -0.2) is 4.39 Å². The van der Waals surface area contributed by atoms with Crippen molar-refractivity contribution in [3.8, 4) is 5.75 Å². The fourth-order valence-corrected chi connectivity index (χ4v) is 4.13. The van der Waals surface area contributed by atoms with Crippen LogP contribution in [0.3, 0.4) is 0 Å². The van der Waals surface area contributed by atoms with Crippen molar-refractivity contribution in [1.82, 2.24) is 10.2 Å². The Morgan fingerprint density at radius 1 is 1.04 bits per heavy atom. The summed E-state index contributed by atoms with van der Waals surface area (Å²) in [5, 5.41) is 3.44. The van der Waals surface area contributed by atoms with Crippen molar-refractivity contribution in [3.05, 3.63) is 59.9 Å². The molecule has 2 aromatic rings. The van der Waals surface area contributed by atoms with E-state index in [1.54, 1.807) is 6.07 Å². The average Bonchev–Trinajstić information content (AvgIpc) is 2.74. The Morgan fingerprint density at radius 3 is 2.68 bits per heavy atom. The van der Waals surface area contributed by atoms with Crippen molar-refractivity contribution in [1.29, 1.82) is 0 Å². The number of piperazine rings is 1. The normalized spacial score (nSPS) is 20.9. The molecule has 4 rings (SSSR count). The molecule has 28 heavy (non-hydrogen) atoms. The van der Waals surface area contributed by atoms with E-state index in [4.69, 9.17) is 4.74 Å². The number of para-hydroxylation sites is 1. The Labute approximate surface area is 167 Å². The summed E-state index contributed by atoms with van der Waals surface area (Å²) in [6.07, 6.45) is 2.49. The van der Waals surface area contributed by atoms with E-state index in [1.807, 2.05) is 12.1 Å². The summed E-state index contributed by atoms with van der Waals surface area (Å²) in [5.41, 5.74) is 1.99. The third-order valence-corrected chi connectivity index (χ3v) is 5.75. The number of ether oxygens (including phenoxy) is 1. The number of hydrogen-bond acceptors (Lipinski definition) is 4. The summed E-state index contributed by atoms with van der Waals surface area (Å²) in [6, 6.07) is 15.5. The fourth-order valence-electron chi connectivity index (χ4n) is 4.13. The number of nitrogens with one attached hydrogen (secondary N) is 1. The van der Waals surface area contributed by atoms with Gasteiger partial charge in [-0.15, -0.1) is 0 Å². The van der Waals surface area contributed by atoms with Crippen LogP contribution in [0.4, 0.5) is 10.1 Å². The molecule has 0 radical (unpaired) electrons. The third-order valence-electron chi connectivity index (χ3n) is 5.75. The van der Waals surface area contributed by atoms with Crippen LogP contribution in [-0.4, -0.2) is 50.8 Å². The van der Waals surface area contributed by atoms with Crippen molar-refractivity contribution in [2.75, 3.05) is 50.8 Å². The van der Waals surface area contributed by atoms with Gasteiger partial charge in [0, 0.05) is 45.2 Å². The van der Waals surface area contributed by atoms with Gasteiger partial charge >= 0.3 is 0 Å². The number of anilines is 1. The fraction of sp³-hybridized carbons (Fsp3) is 0.478. The van der Waals surface area contributed by atoms with Crippen LogP contribution in [0.1, 0.15) is 18.4 Å². The van der Waals surface area contributed by atoms with Gasteiger partial charge in [-0.2, -0.15) is 0 Å². The standard InChI is InChI=1S/C23H30FN3O/c24-22-8-1-2-9-23(22)27-13-11-26(12-14-27)17-19-5-3-7-21(15-19)28-18-20-6-4-10-25-16-20/h1-3,5,7-9,15,20,25H,4,6,10-14,16-18H2. The molecule has 0 spiro atoms. The molecule has 0 aliphatic carbocycles. The number of rotatable bonds is 6. The van der Waals surface area contributed by atoms with Gasteiger partial charge in [0.15, 0.2) is 0 Å². The Kier molecular flexibility index (Phi) is 6.45. The Morgan fingerprint density at radius 2 is 1.89 bits per heavy atom. The molecule has 2 aromatic carbocycles.